The zero-order chi connectivity index (χ0) is 4.28. The lowest BCUT2D eigenvalue weighted by atomic mass is 10.2. The van der Waals surface area contributed by atoms with Gasteiger partial charge in [0.05, 0.1) is 0 Å². The molecular weight excluding hydrogens is 291 g/mol. The topological polar surface area (TPSA) is 23.8 Å². The quantitative estimate of drug-likeness (QED) is 0.489. The lowest BCUT2D eigenvalue weighted by molar-refractivity contribution is 1.56. The Labute approximate surface area is 57.9 Å². The summed E-state index contributed by atoms with van der Waals surface area (Å²) in [5, 5.41) is 7.88. The van der Waals surface area contributed by atoms with Crippen LogP contribution in [0.15, 0.2) is 0 Å². The average molecular weight is 291 g/mol. The van der Waals surface area contributed by atoms with Gasteiger partial charge in [-0.05, 0) is 0 Å². The third kappa shape index (κ3) is 5.01. The fourth-order valence-electron chi connectivity index (χ4n) is 0. The minimum absolute atomic E-state index is 0.130. The smallest absolute Gasteiger partial charge is 0.210 e. The molecule has 0 aromatic heterocycles. The number of hydrogen-bond donors (Lipinski definition) is 0. The molecule has 0 amide bonds. The molecule has 0 bridgehead atoms. The van der Waals surface area contributed by atoms with Crippen LogP contribution in [-0.4, -0.2) is 2.43 Å². The number of nitrogens with zero attached hydrogens (tertiary/aromatic N) is 1. The molecule has 0 aromatic carbocycles. The number of rotatable bonds is 0. The Balaban J connectivity index is 2.94. The maximum absolute atomic E-state index is 7.88. The molecule has 0 spiro atoms. The van der Waals surface area contributed by atoms with Crippen LogP contribution in [0.1, 0.15) is 0 Å². The number of nitriles is 1. The Kier molecular flexibility index (Phi) is 3.87. The molecule has 26 valence electrons. The van der Waals surface area contributed by atoms with Gasteiger partial charge in [-0.3, -0.25) is 0 Å². The Hall–Kier alpha value is 1.01. The van der Waals surface area contributed by atoms with Crippen molar-refractivity contribution in [3.8, 4) is 5.97 Å². The lowest BCUT2D eigenvalue weighted by Crippen LogP contribution is -1.77. The molecule has 0 rings (SSSR count). The van der Waals surface area contributed by atoms with E-state index in [4.69, 9.17) is 5.26 Å². The Bertz CT molecular complexity index is 55.2. The van der Waals surface area contributed by atoms with E-state index in [1.54, 1.807) is 0 Å². The van der Waals surface area contributed by atoms with Crippen LogP contribution in [0.2, 0.25) is 0 Å². The van der Waals surface area contributed by atoms with Gasteiger partial charge in [0.1, 0.15) is 0 Å². The average Bonchev–Trinajstić information content (AvgIpc) is 1.38. The van der Waals surface area contributed by atoms with Crippen LogP contribution in [0.25, 0.3) is 0 Å². The lowest BCUT2D eigenvalue weighted by Gasteiger charge is -1.62. The van der Waals surface area contributed by atoms with Gasteiger partial charge >= 0.3 is 2.43 Å². The zero-order valence-electron chi connectivity index (χ0n) is 2.28. The second kappa shape index (κ2) is 3.21. The molecule has 0 radical (unpaired) electrons. The highest BCUT2D eigenvalue weighted by molar-refractivity contribution is 14.3. The highest BCUT2D eigenvalue weighted by Gasteiger charge is 1.95. The minimum Gasteiger partial charge on any atom is -0.210 e. The summed E-state index contributed by atoms with van der Waals surface area (Å²) in [5.74, 6) is 2.00. The molecule has 0 aliphatic rings. The van der Waals surface area contributed by atoms with E-state index in [1.165, 1.54) is 0 Å². The molecule has 0 atom stereocenters. The van der Waals surface area contributed by atoms with Gasteiger partial charge in [-0.1, -0.05) is 0 Å². The summed E-state index contributed by atoms with van der Waals surface area (Å²) in [5.41, 5.74) is 0. The van der Waals surface area contributed by atoms with Gasteiger partial charge in [0.2, 0.25) is 0 Å². The minimum atomic E-state index is 0.130. The summed E-state index contributed by atoms with van der Waals surface area (Å²) >= 11 is 4.06. The van der Waals surface area contributed by atoms with Gasteiger partial charge in [0.25, 0.3) is 0 Å². The maximum atomic E-state index is 7.88. The second-order valence-electron chi connectivity index (χ2n) is 0.430. The van der Waals surface area contributed by atoms with Gasteiger partial charge in [-0.25, -0.2) is 5.26 Å². The molecular formula is CBI2N. The van der Waals surface area contributed by atoms with Crippen LogP contribution in [0.5, 0.6) is 0 Å². The second-order valence-corrected chi connectivity index (χ2v) is 5.30. The zero-order valence-corrected chi connectivity index (χ0v) is 6.60. The van der Waals surface area contributed by atoms with E-state index in [2.05, 4.69) is 0 Å². The van der Waals surface area contributed by atoms with E-state index in [1.807, 2.05) is 50.7 Å². The van der Waals surface area contributed by atoms with Crippen LogP contribution in [-0.2, 0) is 0 Å². The predicted molar refractivity (Wildman–Crippen MR) is 39.4 cm³/mol. The largest absolute Gasteiger partial charge is 0.404 e. The molecule has 0 heterocycles. The van der Waals surface area contributed by atoms with Crippen molar-refractivity contribution in [2.24, 2.45) is 0 Å². The highest BCUT2D eigenvalue weighted by Crippen LogP contribution is 1.99. The Morgan fingerprint density at radius 2 is 1.80 bits per heavy atom. The first-order chi connectivity index (χ1) is 2.27. The first-order valence-electron chi connectivity index (χ1n) is 0.949. The molecule has 0 N–H and O–H groups in total. The molecule has 0 aromatic rings. The predicted octanol–water partition coefficient (Wildman–Crippen LogP) is 1.41. The van der Waals surface area contributed by atoms with Crippen molar-refractivity contribution < 1.29 is 0 Å². The van der Waals surface area contributed by atoms with Gasteiger partial charge in [0, 0.05) is 5.97 Å². The number of halogens is 2. The van der Waals surface area contributed by atoms with Crippen LogP contribution >= 0.6 is 44.7 Å². The van der Waals surface area contributed by atoms with Crippen molar-refractivity contribution in [3.63, 3.8) is 0 Å². The molecule has 5 heavy (non-hydrogen) atoms. The molecule has 0 aliphatic carbocycles. The molecule has 0 unspecified atom stereocenters. The van der Waals surface area contributed by atoms with E-state index in [0.717, 1.165) is 0 Å². The summed E-state index contributed by atoms with van der Waals surface area (Å²) in [4.78, 5) is 0. The van der Waals surface area contributed by atoms with E-state index in [9.17, 15) is 0 Å². The molecule has 0 saturated heterocycles. The van der Waals surface area contributed by atoms with Crippen LogP contribution in [0.4, 0.5) is 0 Å². The van der Waals surface area contributed by atoms with Gasteiger partial charge < -0.3 is 0 Å². The fraction of sp³-hybridized carbons (Fsp3) is 0. The SMILES string of the molecule is N#CB(I)I. The molecule has 0 aliphatic heterocycles. The maximum Gasteiger partial charge on any atom is 0.404 e. The first kappa shape index (κ1) is 6.01. The summed E-state index contributed by atoms with van der Waals surface area (Å²) in [6.45, 7) is 0. The van der Waals surface area contributed by atoms with Gasteiger partial charge in [-0.15, -0.1) is 44.7 Å². The molecule has 0 fully saturated rings. The van der Waals surface area contributed by atoms with Crippen molar-refractivity contribution in [2.45, 2.75) is 0 Å². The number of hydrogen-bond acceptors (Lipinski definition) is 1. The van der Waals surface area contributed by atoms with Crippen molar-refractivity contribution >= 4 is 47.2 Å². The monoisotopic (exact) mass is 291 g/mol. The third-order valence-corrected chi connectivity index (χ3v) is 0.655. The fourth-order valence-corrected chi connectivity index (χ4v) is 0. The van der Waals surface area contributed by atoms with E-state index in [-0.39, 0.29) is 2.43 Å². The summed E-state index contributed by atoms with van der Waals surface area (Å²) in [6, 6.07) is 0. The van der Waals surface area contributed by atoms with E-state index in [0.29, 0.717) is 0 Å². The molecule has 1 nitrogen and oxygen atoms in total. The first-order valence-corrected chi connectivity index (χ1v) is 3.44. The van der Waals surface area contributed by atoms with Crippen molar-refractivity contribution in [3.05, 3.63) is 0 Å². The van der Waals surface area contributed by atoms with Gasteiger partial charge in [0.15, 0.2) is 0 Å². The standard InChI is InChI=1S/CBI2N/c3-2(4)1-5. The Morgan fingerprint density at radius 1 is 1.60 bits per heavy atom. The summed E-state index contributed by atoms with van der Waals surface area (Å²) < 4.78 is 0.130. The van der Waals surface area contributed by atoms with Crippen molar-refractivity contribution in [1.82, 2.24) is 0 Å². The van der Waals surface area contributed by atoms with E-state index < -0.39 is 0 Å². The van der Waals surface area contributed by atoms with Crippen LogP contribution in [0.3, 0.4) is 0 Å². The normalized spacial score (nSPS) is 5.80. The third-order valence-electron chi connectivity index (χ3n) is 0.0976. The summed E-state index contributed by atoms with van der Waals surface area (Å²) in [6.07, 6.45) is 0. The van der Waals surface area contributed by atoms with Crippen LogP contribution in [0, 0.1) is 11.2 Å². The van der Waals surface area contributed by atoms with Crippen molar-refractivity contribution in [2.75, 3.05) is 0 Å². The van der Waals surface area contributed by atoms with E-state index >= 15 is 0 Å². The molecule has 0 saturated carbocycles. The Morgan fingerprint density at radius 3 is 1.80 bits per heavy atom. The highest BCUT2D eigenvalue weighted by atomic mass is 127. The van der Waals surface area contributed by atoms with Crippen molar-refractivity contribution in [1.29, 1.82) is 5.26 Å². The van der Waals surface area contributed by atoms with Crippen LogP contribution < -0.4 is 0 Å². The summed E-state index contributed by atoms with van der Waals surface area (Å²) in [7, 11) is 0. The molecule has 4 heteroatoms. The van der Waals surface area contributed by atoms with Gasteiger partial charge in [-0.2, -0.15) is 0 Å².